The smallest absolute Gasteiger partial charge is 0.336 e. The lowest BCUT2D eigenvalue weighted by Gasteiger charge is -2.27. The van der Waals surface area contributed by atoms with Gasteiger partial charge in [0.1, 0.15) is 6.61 Å². The number of carboxylic acids is 1. The van der Waals surface area contributed by atoms with E-state index < -0.39 is 36.6 Å². The number of unbranched alkanes of at least 4 members (excludes halogenated alkanes) is 4. The molecule has 0 saturated heterocycles. The number of carboxylic acid groups (broad SMARTS) is 1. The number of nitrogens with one attached hydrogen (secondary N) is 2. The maximum absolute atomic E-state index is 13.4. The molecule has 272 valence electrons. The van der Waals surface area contributed by atoms with Gasteiger partial charge < -0.3 is 30.3 Å². The second kappa shape index (κ2) is 19.9. The number of benzene rings is 4. The van der Waals surface area contributed by atoms with Gasteiger partial charge in [-0.25, -0.2) is 4.79 Å². The lowest BCUT2D eigenvalue weighted by Crippen LogP contribution is -2.50. The first-order valence-electron chi connectivity index (χ1n) is 18.5. The molecule has 1 aliphatic carbocycles. The first-order valence-corrected chi connectivity index (χ1v) is 18.5. The summed E-state index contributed by atoms with van der Waals surface area (Å²) in [6.45, 7) is 0.0531. The highest BCUT2D eigenvalue weighted by Gasteiger charge is 2.36. The van der Waals surface area contributed by atoms with Crippen molar-refractivity contribution >= 4 is 39.3 Å². The van der Waals surface area contributed by atoms with Gasteiger partial charge in [0.15, 0.2) is 12.2 Å². The Labute approximate surface area is 300 Å². The van der Waals surface area contributed by atoms with Gasteiger partial charge in [-0.1, -0.05) is 97.8 Å². The zero-order valence-electron chi connectivity index (χ0n) is 29.4. The highest BCUT2D eigenvalue weighted by Crippen LogP contribution is 2.20. The number of aliphatic carboxylic acids is 1. The normalized spacial score (nSPS) is 17.2. The summed E-state index contributed by atoms with van der Waals surface area (Å²) in [5, 5.41) is 30.4. The fourth-order valence-corrected chi connectivity index (χ4v) is 6.79. The molecule has 4 N–H and O–H groups in total. The van der Waals surface area contributed by atoms with Crippen LogP contribution in [0.25, 0.3) is 21.5 Å². The summed E-state index contributed by atoms with van der Waals surface area (Å²) in [7, 11) is 0. The Balaban J connectivity index is 1.09. The van der Waals surface area contributed by atoms with Crippen LogP contribution < -0.4 is 10.6 Å². The van der Waals surface area contributed by atoms with Crippen molar-refractivity contribution in [2.75, 3.05) is 19.8 Å². The molecule has 4 aromatic rings. The molecule has 51 heavy (non-hydrogen) atoms. The summed E-state index contributed by atoms with van der Waals surface area (Å²) in [6.07, 6.45) is 5.94. The molecule has 1 fully saturated rings. The molecule has 9 heteroatoms. The molecule has 5 rings (SSSR count). The summed E-state index contributed by atoms with van der Waals surface area (Å²) in [4.78, 5) is 38.4. The van der Waals surface area contributed by atoms with Crippen LogP contribution in [-0.4, -0.2) is 72.1 Å². The Bertz CT molecular complexity index is 1720. The van der Waals surface area contributed by atoms with E-state index in [4.69, 9.17) is 9.47 Å². The van der Waals surface area contributed by atoms with Crippen LogP contribution in [0.1, 0.15) is 75.3 Å². The van der Waals surface area contributed by atoms with Crippen LogP contribution >= 0.6 is 0 Å². The Morgan fingerprint density at radius 3 is 1.82 bits per heavy atom. The van der Waals surface area contributed by atoms with Gasteiger partial charge in [-0.15, -0.1) is 0 Å². The second-order valence-corrected chi connectivity index (χ2v) is 13.7. The van der Waals surface area contributed by atoms with Crippen molar-refractivity contribution in [3.63, 3.8) is 0 Å². The number of aliphatic hydroxyl groups is 1. The largest absolute Gasteiger partial charge is 0.479 e. The number of rotatable bonds is 20. The van der Waals surface area contributed by atoms with Crippen LogP contribution in [-0.2, 0) is 36.7 Å². The van der Waals surface area contributed by atoms with Crippen molar-refractivity contribution in [2.24, 2.45) is 0 Å². The van der Waals surface area contributed by atoms with Crippen LogP contribution in [0.3, 0.4) is 0 Å². The Hall–Kier alpha value is -4.31. The molecule has 0 aliphatic heterocycles. The minimum atomic E-state index is -1.64. The number of aryl methyl sites for hydroxylation is 2. The van der Waals surface area contributed by atoms with E-state index in [0.29, 0.717) is 38.6 Å². The lowest BCUT2D eigenvalue weighted by molar-refractivity contribution is -0.170. The van der Waals surface area contributed by atoms with Gasteiger partial charge >= 0.3 is 5.97 Å². The minimum Gasteiger partial charge on any atom is -0.479 e. The van der Waals surface area contributed by atoms with Crippen molar-refractivity contribution in [1.29, 1.82) is 0 Å². The van der Waals surface area contributed by atoms with Gasteiger partial charge in [0.05, 0.1) is 6.10 Å². The molecule has 2 unspecified atom stereocenters. The van der Waals surface area contributed by atoms with E-state index in [2.05, 4.69) is 71.3 Å². The molecule has 9 nitrogen and oxygen atoms in total. The number of aliphatic hydroxyl groups excluding tert-OH is 1. The van der Waals surface area contributed by atoms with Crippen molar-refractivity contribution in [3.05, 3.63) is 96.1 Å². The predicted molar refractivity (Wildman–Crippen MR) is 200 cm³/mol. The topological polar surface area (TPSA) is 134 Å². The molecule has 0 heterocycles. The zero-order valence-corrected chi connectivity index (χ0v) is 29.4. The van der Waals surface area contributed by atoms with E-state index in [1.165, 1.54) is 32.7 Å². The number of hydrogen-bond acceptors (Lipinski definition) is 6. The zero-order chi connectivity index (χ0) is 35.8. The Morgan fingerprint density at radius 1 is 0.667 bits per heavy atom. The van der Waals surface area contributed by atoms with Gasteiger partial charge in [0.2, 0.25) is 5.91 Å². The number of carbonyl (C=O) groups excluding carboxylic acids is 2. The van der Waals surface area contributed by atoms with E-state index in [1.54, 1.807) is 0 Å². The van der Waals surface area contributed by atoms with Crippen LogP contribution in [0.2, 0.25) is 0 Å². The first kappa shape index (κ1) is 37.9. The maximum Gasteiger partial charge on any atom is 0.336 e. The fourth-order valence-electron chi connectivity index (χ4n) is 6.79. The number of hydrogen-bond donors (Lipinski definition) is 4. The summed E-state index contributed by atoms with van der Waals surface area (Å²) in [5.74, 6) is -2.38. The van der Waals surface area contributed by atoms with Crippen LogP contribution in [0.4, 0.5) is 0 Å². The van der Waals surface area contributed by atoms with Gasteiger partial charge in [-0.2, -0.15) is 0 Å². The quantitative estimate of drug-likeness (QED) is 0.0775. The molecule has 0 spiro atoms. The van der Waals surface area contributed by atoms with E-state index in [-0.39, 0.29) is 18.8 Å². The molecule has 1 aliphatic rings. The van der Waals surface area contributed by atoms with E-state index in [9.17, 15) is 24.6 Å². The van der Waals surface area contributed by atoms with Gasteiger partial charge in [0, 0.05) is 19.2 Å². The van der Waals surface area contributed by atoms with E-state index in [1.807, 2.05) is 24.3 Å². The van der Waals surface area contributed by atoms with Gasteiger partial charge in [0.25, 0.3) is 5.91 Å². The van der Waals surface area contributed by atoms with Crippen molar-refractivity contribution in [3.8, 4) is 0 Å². The minimum absolute atomic E-state index is 0.0982. The Kier molecular flexibility index (Phi) is 14.8. The SMILES string of the molecule is O=C(COC(C(=O)O)C(OCCCCCc1ccc2ccccc2c1)C(=O)NCCCCCc1ccc2ccccc2c1)NC1CCC(O)CC1. The van der Waals surface area contributed by atoms with Crippen LogP contribution in [0.15, 0.2) is 84.9 Å². The summed E-state index contributed by atoms with van der Waals surface area (Å²) < 4.78 is 11.5. The third-order valence-corrected chi connectivity index (χ3v) is 9.71. The standard InChI is InChI=1S/C42H52N2O7/c45-37-23-21-36(22-24-37)44-38(46)29-51-40(42(48)49)39(50-26-10-2-4-12-31-18-20-33-14-6-8-16-35(33)28-31)41(47)43-25-9-1-3-11-30-17-19-32-13-5-7-15-34(32)27-30/h5-8,13-20,27-28,36-37,39-40,45H,1-4,9-12,21-26,29H2,(H,43,47)(H,44,46)(H,48,49). The number of fused-ring (bicyclic) bond motifs is 2. The molecule has 2 atom stereocenters. The van der Waals surface area contributed by atoms with Gasteiger partial charge in [-0.05, 0) is 96.9 Å². The van der Waals surface area contributed by atoms with Crippen LogP contribution in [0.5, 0.6) is 0 Å². The summed E-state index contributed by atoms with van der Waals surface area (Å²) in [5.41, 5.74) is 2.53. The van der Waals surface area contributed by atoms with Crippen molar-refractivity contribution < 1.29 is 34.1 Å². The molecule has 0 aromatic heterocycles. The first-order chi connectivity index (χ1) is 24.9. The lowest BCUT2D eigenvalue weighted by atomic mass is 9.93. The predicted octanol–water partition coefficient (Wildman–Crippen LogP) is 6.51. The second-order valence-electron chi connectivity index (χ2n) is 13.7. The molecular weight excluding hydrogens is 644 g/mol. The average Bonchev–Trinajstić information content (AvgIpc) is 3.14. The number of amides is 2. The van der Waals surface area contributed by atoms with E-state index in [0.717, 1.165) is 44.9 Å². The van der Waals surface area contributed by atoms with Crippen molar-refractivity contribution in [2.45, 2.75) is 101 Å². The summed E-state index contributed by atoms with van der Waals surface area (Å²) >= 11 is 0. The molecule has 4 aromatic carbocycles. The number of carbonyl (C=O) groups is 3. The molecule has 0 bridgehead atoms. The molecule has 0 radical (unpaired) electrons. The van der Waals surface area contributed by atoms with Crippen LogP contribution in [0, 0.1) is 0 Å². The molecule has 2 amide bonds. The monoisotopic (exact) mass is 696 g/mol. The number of ether oxygens (including phenoxy) is 2. The third-order valence-electron chi connectivity index (χ3n) is 9.71. The molecule has 1 saturated carbocycles. The fraction of sp³-hybridized carbons (Fsp3) is 0.452. The van der Waals surface area contributed by atoms with E-state index >= 15 is 0 Å². The Morgan fingerprint density at radius 2 is 1.24 bits per heavy atom. The third kappa shape index (κ3) is 12.2. The molecular formula is C42H52N2O7. The summed E-state index contributed by atoms with van der Waals surface area (Å²) in [6, 6.07) is 29.5. The average molecular weight is 697 g/mol. The van der Waals surface area contributed by atoms with Gasteiger partial charge in [-0.3, -0.25) is 9.59 Å². The highest BCUT2D eigenvalue weighted by molar-refractivity contribution is 5.88. The maximum atomic E-state index is 13.4. The highest BCUT2D eigenvalue weighted by atomic mass is 16.6. The van der Waals surface area contributed by atoms with Crippen molar-refractivity contribution in [1.82, 2.24) is 10.6 Å².